The van der Waals surface area contributed by atoms with Crippen molar-refractivity contribution < 1.29 is 14.0 Å². The maximum Gasteiger partial charge on any atom is 0.332 e. The summed E-state index contributed by atoms with van der Waals surface area (Å²) in [7, 11) is 0. The lowest BCUT2D eigenvalue weighted by Gasteiger charge is -2.15. The smallest absolute Gasteiger partial charge is 0.332 e. The van der Waals surface area contributed by atoms with Crippen LogP contribution in [-0.4, -0.2) is 27.0 Å². The van der Waals surface area contributed by atoms with Gasteiger partial charge in [-0.15, -0.1) is 0 Å². The van der Waals surface area contributed by atoms with Crippen molar-refractivity contribution in [3.8, 4) is 0 Å². The minimum Gasteiger partial charge on any atom is -0.449 e. The van der Waals surface area contributed by atoms with E-state index in [1.165, 1.54) is 4.57 Å². The summed E-state index contributed by atoms with van der Waals surface area (Å²) in [5, 5.41) is 6.53. The van der Waals surface area contributed by atoms with Gasteiger partial charge in [0.2, 0.25) is 17.4 Å². The molecule has 2 amide bonds. The van der Waals surface area contributed by atoms with Gasteiger partial charge in [-0.3, -0.25) is 19.0 Å². The van der Waals surface area contributed by atoms with E-state index < -0.39 is 36.2 Å². The van der Waals surface area contributed by atoms with Crippen molar-refractivity contribution in [3.05, 3.63) is 73.9 Å². The van der Waals surface area contributed by atoms with Gasteiger partial charge in [0.15, 0.2) is 0 Å². The first-order valence-corrected chi connectivity index (χ1v) is 12.2. The summed E-state index contributed by atoms with van der Waals surface area (Å²) in [6.45, 7) is 0.930. The second-order valence-corrected chi connectivity index (χ2v) is 9.47. The van der Waals surface area contributed by atoms with Gasteiger partial charge in [0.25, 0.3) is 5.56 Å². The van der Waals surface area contributed by atoms with E-state index >= 15 is 0 Å². The van der Waals surface area contributed by atoms with Crippen LogP contribution in [0.3, 0.4) is 0 Å². The van der Waals surface area contributed by atoms with Crippen LogP contribution in [0.5, 0.6) is 0 Å². The Bertz CT molecular complexity index is 1590. The monoisotopic (exact) mass is 508 g/mol. The van der Waals surface area contributed by atoms with Gasteiger partial charge < -0.3 is 15.1 Å². The van der Waals surface area contributed by atoms with E-state index in [-0.39, 0.29) is 17.1 Å². The molecule has 2 N–H and O–H groups in total. The molecule has 10 heteroatoms. The largest absolute Gasteiger partial charge is 0.449 e. The Labute approximate surface area is 210 Å². The highest BCUT2D eigenvalue weighted by molar-refractivity contribution is 6.33. The Hall–Kier alpha value is -3.85. The van der Waals surface area contributed by atoms with Crippen molar-refractivity contribution in [2.24, 2.45) is 0 Å². The maximum absolute atomic E-state index is 13.5. The molecule has 36 heavy (non-hydrogen) atoms. The zero-order valence-electron chi connectivity index (χ0n) is 19.7. The molecule has 2 heterocycles. The highest BCUT2D eigenvalue weighted by atomic mass is 35.5. The predicted molar refractivity (Wildman–Crippen MR) is 137 cm³/mol. The van der Waals surface area contributed by atoms with Crippen molar-refractivity contribution in [2.45, 2.75) is 51.7 Å². The third-order valence-corrected chi connectivity index (χ3v) is 6.87. The molecule has 0 unspecified atom stereocenters. The van der Waals surface area contributed by atoms with Crippen LogP contribution in [0.4, 0.5) is 5.69 Å². The molecule has 0 atom stereocenters. The summed E-state index contributed by atoms with van der Waals surface area (Å²) in [6, 6.07) is 12.1. The number of hydrogen-bond acceptors (Lipinski definition) is 5. The number of para-hydroxylation sites is 2. The molecule has 0 radical (unpaired) electrons. The SMILES string of the molecule is Cc1cccc(Cl)c1NC(=O)Cn1c(=O)n(CC(=O)NC2CCCC2)c(=O)c2oc3ccccc3c21. The van der Waals surface area contributed by atoms with Crippen molar-refractivity contribution >= 4 is 51.2 Å². The van der Waals surface area contributed by atoms with Gasteiger partial charge in [-0.05, 0) is 43.5 Å². The van der Waals surface area contributed by atoms with Gasteiger partial charge in [-0.2, -0.15) is 0 Å². The van der Waals surface area contributed by atoms with E-state index in [1.54, 1.807) is 49.4 Å². The number of benzene rings is 2. The van der Waals surface area contributed by atoms with Crippen molar-refractivity contribution in [3.63, 3.8) is 0 Å². The minimum atomic E-state index is -0.772. The van der Waals surface area contributed by atoms with E-state index in [0.29, 0.717) is 21.7 Å². The molecule has 9 nitrogen and oxygen atoms in total. The van der Waals surface area contributed by atoms with Gasteiger partial charge >= 0.3 is 5.69 Å². The number of carbonyl (C=O) groups excluding carboxylic acids is 2. The first-order valence-electron chi connectivity index (χ1n) is 11.8. The molecular weight excluding hydrogens is 484 g/mol. The highest BCUT2D eigenvalue weighted by Crippen LogP contribution is 2.27. The van der Waals surface area contributed by atoms with Gasteiger partial charge in [0.05, 0.1) is 10.7 Å². The fourth-order valence-electron chi connectivity index (χ4n) is 4.78. The molecule has 2 aromatic heterocycles. The lowest BCUT2D eigenvalue weighted by atomic mass is 10.2. The molecule has 1 fully saturated rings. The van der Waals surface area contributed by atoms with Crippen LogP contribution in [0.2, 0.25) is 5.02 Å². The zero-order valence-corrected chi connectivity index (χ0v) is 20.4. The maximum atomic E-state index is 13.5. The normalized spacial score (nSPS) is 13.9. The molecular formula is C26H25ClN4O5. The Morgan fingerprint density at radius 1 is 1.00 bits per heavy atom. The Morgan fingerprint density at radius 3 is 2.47 bits per heavy atom. The second-order valence-electron chi connectivity index (χ2n) is 9.06. The lowest BCUT2D eigenvalue weighted by Crippen LogP contribution is -2.46. The third kappa shape index (κ3) is 4.42. The first kappa shape index (κ1) is 23.9. The van der Waals surface area contributed by atoms with E-state index in [0.717, 1.165) is 35.8 Å². The summed E-state index contributed by atoms with van der Waals surface area (Å²) >= 11 is 6.25. The number of furan rings is 1. The quantitative estimate of drug-likeness (QED) is 0.413. The lowest BCUT2D eigenvalue weighted by molar-refractivity contribution is -0.122. The van der Waals surface area contributed by atoms with Crippen molar-refractivity contribution in [1.29, 1.82) is 0 Å². The number of hydrogen-bond donors (Lipinski definition) is 2. The van der Waals surface area contributed by atoms with Crippen LogP contribution >= 0.6 is 11.6 Å². The van der Waals surface area contributed by atoms with E-state index in [2.05, 4.69) is 10.6 Å². The average molecular weight is 509 g/mol. The molecule has 0 spiro atoms. The van der Waals surface area contributed by atoms with Crippen LogP contribution in [0.1, 0.15) is 31.2 Å². The number of anilines is 1. The predicted octanol–water partition coefficient (Wildman–Crippen LogP) is 3.57. The fraction of sp³-hybridized carbons (Fsp3) is 0.308. The van der Waals surface area contributed by atoms with Crippen LogP contribution in [0.15, 0.2) is 56.5 Å². The molecule has 1 aliphatic carbocycles. The van der Waals surface area contributed by atoms with Crippen molar-refractivity contribution in [2.75, 3.05) is 5.32 Å². The van der Waals surface area contributed by atoms with Gasteiger partial charge in [-0.25, -0.2) is 9.36 Å². The number of halogens is 1. The number of fused-ring (bicyclic) bond motifs is 3. The molecule has 0 aliphatic heterocycles. The third-order valence-electron chi connectivity index (χ3n) is 6.55. The Morgan fingerprint density at radius 2 is 1.72 bits per heavy atom. The van der Waals surface area contributed by atoms with Gasteiger partial charge in [-0.1, -0.05) is 48.7 Å². The van der Waals surface area contributed by atoms with Crippen molar-refractivity contribution in [1.82, 2.24) is 14.5 Å². The molecule has 0 saturated heterocycles. The average Bonchev–Trinajstić information content (AvgIpc) is 3.50. The van der Waals surface area contributed by atoms with Gasteiger partial charge in [0.1, 0.15) is 24.2 Å². The number of nitrogens with zero attached hydrogens (tertiary/aromatic N) is 2. The summed E-state index contributed by atoms with van der Waals surface area (Å²) in [5.41, 5.74) is 0.224. The Balaban J connectivity index is 1.57. The first-order chi connectivity index (χ1) is 17.3. The highest BCUT2D eigenvalue weighted by Gasteiger charge is 2.24. The second kappa shape index (κ2) is 9.66. The number of nitrogens with one attached hydrogen (secondary N) is 2. The summed E-state index contributed by atoms with van der Waals surface area (Å²) in [4.78, 5) is 52.6. The molecule has 1 saturated carbocycles. The molecule has 1 aliphatic rings. The minimum absolute atomic E-state index is 0.0370. The van der Waals surface area contributed by atoms with Crippen LogP contribution in [0.25, 0.3) is 22.1 Å². The molecule has 186 valence electrons. The standard InChI is InChI=1S/C26H25ClN4O5/c1-15-7-6-11-18(27)22(15)29-21(33)13-30-23-17-10-4-5-12-19(17)36-24(23)25(34)31(26(30)35)14-20(32)28-16-8-2-3-9-16/h4-7,10-12,16H,2-3,8-9,13-14H2,1H3,(H,28,32)(H,29,33). The van der Waals surface area contributed by atoms with Crippen LogP contribution < -0.4 is 21.9 Å². The number of carbonyl (C=O) groups is 2. The topological polar surface area (TPSA) is 115 Å². The summed E-state index contributed by atoms with van der Waals surface area (Å²) in [5.74, 6) is -0.945. The van der Waals surface area contributed by atoms with E-state index in [1.807, 2.05) is 0 Å². The number of rotatable bonds is 6. The molecule has 0 bridgehead atoms. The molecule has 5 rings (SSSR count). The Kier molecular flexibility index (Phi) is 6.40. The van der Waals surface area contributed by atoms with Crippen LogP contribution in [-0.2, 0) is 22.7 Å². The van der Waals surface area contributed by atoms with E-state index in [4.69, 9.17) is 16.0 Å². The molecule has 2 aromatic carbocycles. The zero-order chi connectivity index (χ0) is 25.4. The van der Waals surface area contributed by atoms with E-state index in [9.17, 15) is 19.2 Å². The summed E-state index contributed by atoms with van der Waals surface area (Å²) in [6.07, 6.45) is 3.80. The number of aromatic nitrogens is 2. The molecule has 4 aromatic rings. The summed E-state index contributed by atoms with van der Waals surface area (Å²) < 4.78 is 7.79. The fourth-order valence-corrected chi connectivity index (χ4v) is 5.05. The number of amides is 2. The van der Waals surface area contributed by atoms with Crippen LogP contribution in [0, 0.1) is 6.92 Å². The van der Waals surface area contributed by atoms with Gasteiger partial charge in [0, 0.05) is 11.4 Å². The number of aryl methyl sites for hydroxylation is 1.